The number of amides is 1. The van der Waals surface area contributed by atoms with E-state index in [9.17, 15) is 18.0 Å². The van der Waals surface area contributed by atoms with Gasteiger partial charge in [0.25, 0.3) is 5.91 Å². The molecule has 0 unspecified atom stereocenters. The predicted molar refractivity (Wildman–Crippen MR) is 99.3 cm³/mol. The van der Waals surface area contributed by atoms with Crippen LogP contribution in [0.1, 0.15) is 50.4 Å². The molecule has 1 aromatic carbocycles. The van der Waals surface area contributed by atoms with Gasteiger partial charge in [0.05, 0.1) is 17.4 Å². The first-order chi connectivity index (χ1) is 12.6. The van der Waals surface area contributed by atoms with Gasteiger partial charge in [-0.15, -0.1) is 0 Å². The molecule has 1 spiro atoms. The third-order valence-corrected chi connectivity index (χ3v) is 9.18. The fourth-order valence-corrected chi connectivity index (χ4v) is 8.21. The van der Waals surface area contributed by atoms with Gasteiger partial charge in [-0.3, -0.25) is 4.79 Å². The molecule has 0 N–H and O–H groups in total. The van der Waals surface area contributed by atoms with Gasteiger partial charge in [0, 0.05) is 5.41 Å². The summed E-state index contributed by atoms with van der Waals surface area (Å²) in [6.07, 6.45) is 1.40. The van der Waals surface area contributed by atoms with Gasteiger partial charge >= 0.3 is 5.97 Å². The van der Waals surface area contributed by atoms with Crippen LogP contribution < -0.4 is 0 Å². The van der Waals surface area contributed by atoms with E-state index in [4.69, 9.17) is 4.74 Å². The van der Waals surface area contributed by atoms with E-state index < -0.39 is 28.0 Å². The first-order valence-corrected chi connectivity index (χ1v) is 11.0. The average molecular weight is 391 g/mol. The van der Waals surface area contributed by atoms with Crippen molar-refractivity contribution in [1.82, 2.24) is 4.31 Å². The Bertz CT molecular complexity index is 894. The van der Waals surface area contributed by atoms with Crippen molar-refractivity contribution < 1.29 is 22.7 Å². The van der Waals surface area contributed by atoms with E-state index in [2.05, 4.69) is 13.8 Å². The van der Waals surface area contributed by atoms with E-state index in [1.54, 1.807) is 30.3 Å². The van der Waals surface area contributed by atoms with E-state index in [-0.39, 0.29) is 22.6 Å². The zero-order valence-corrected chi connectivity index (χ0v) is 16.7. The number of hydrogen-bond donors (Lipinski definition) is 0. The average Bonchev–Trinajstić information content (AvgIpc) is 3.09. The number of benzene rings is 1. The molecule has 146 valence electrons. The van der Waals surface area contributed by atoms with Crippen molar-refractivity contribution >= 4 is 21.9 Å². The maximum atomic E-state index is 13.0. The van der Waals surface area contributed by atoms with Crippen molar-refractivity contribution in [3.8, 4) is 0 Å². The minimum Gasteiger partial charge on any atom is -0.449 e. The second-order valence-electron chi connectivity index (χ2n) is 8.67. The van der Waals surface area contributed by atoms with Gasteiger partial charge in [-0.1, -0.05) is 32.0 Å². The predicted octanol–water partition coefficient (Wildman–Crippen LogP) is 2.60. The molecule has 1 saturated heterocycles. The van der Waals surface area contributed by atoms with Crippen molar-refractivity contribution in [2.45, 2.75) is 52.2 Å². The van der Waals surface area contributed by atoms with Crippen molar-refractivity contribution in [1.29, 1.82) is 0 Å². The van der Waals surface area contributed by atoms with Crippen LogP contribution in [0.15, 0.2) is 30.3 Å². The third-order valence-electron chi connectivity index (χ3n) is 7.27. The van der Waals surface area contributed by atoms with E-state index in [0.29, 0.717) is 17.9 Å². The molecule has 3 aliphatic rings. The maximum Gasteiger partial charge on any atom is 0.338 e. The van der Waals surface area contributed by atoms with E-state index >= 15 is 0 Å². The molecule has 4 rings (SSSR count). The van der Waals surface area contributed by atoms with Gasteiger partial charge in [0.15, 0.2) is 6.10 Å². The molecule has 1 aromatic rings. The molecule has 2 aliphatic carbocycles. The molecule has 2 saturated carbocycles. The van der Waals surface area contributed by atoms with Crippen molar-refractivity contribution in [3.63, 3.8) is 0 Å². The molecule has 3 fully saturated rings. The molecule has 6 nitrogen and oxygen atoms in total. The summed E-state index contributed by atoms with van der Waals surface area (Å²) >= 11 is 0. The highest BCUT2D eigenvalue weighted by atomic mass is 32.2. The zero-order valence-electron chi connectivity index (χ0n) is 15.8. The fourth-order valence-electron chi connectivity index (χ4n) is 5.61. The Hall–Kier alpha value is -1.89. The number of carbonyl (C=O) groups excluding carboxylic acids is 2. The van der Waals surface area contributed by atoms with Gasteiger partial charge in [0.2, 0.25) is 10.0 Å². The largest absolute Gasteiger partial charge is 0.449 e. The van der Waals surface area contributed by atoms with Crippen LogP contribution in [0.2, 0.25) is 0 Å². The highest BCUT2D eigenvalue weighted by Gasteiger charge is 2.72. The van der Waals surface area contributed by atoms with Crippen LogP contribution in [-0.4, -0.2) is 42.5 Å². The molecule has 1 aliphatic heterocycles. The van der Waals surface area contributed by atoms with Gasteiger partial charge in [-0.05, 0) is 49.7 Å². The fraction of sp³-hybridized carbons (Fsp3) is 0.600. The molecule has 7 heteroatoms. The molecular formula is C20H25NO5S. The highest BCUT2D eigenvalue weighted by molar-refractivity contribution is 7.90. The van der Waals surface area contributed by atoms with Crippen LogP contribution in [0.4, 0.5) is 0 Å². The lowest BCUT2D eigenvalue weighted by atomic mass is 9.69. The Morgan fingerprint density at radius 1 is 1.22 bits per heavy atom. The summed E-state index contributed by atoms with van der Waals surface area (Å²) in [5, 5.41) is 0. The summed E-state index contributed by atoms with van der Waals surface area (Å²) < 4.78 is 32.2. The topological polar surface area (TPSA) is 80.8 Å². The van der Waals surface area contributed by atoms with E-state index in [1.165, 1.54) is 6.92 Å². The van der Waals surface area contributed by atoms with Crippen LogP contribution in [0, 0.1) is 16.7 Å². The number of esters is 1. The first kappa shape index (κ1) is 18.5. The van der Waals surface area contributed by atoms with Crippen molar-refractivity contribution in [2.24, 2.45) is 16.7 Å². The Morgan fingerprint density at radius 3 is 2.52 bits per heavy atom. The van der Waals surface area contributed by atoms with Crippen LogP contribution >= 0.6 is 0 Å². The Labute approximate surface area is 159 Å². The van der Waals surface area contributed by atoms with Gasteiger partial charge in [-0.2, -0.15) is 0 Å². The summed E-state index contributed by atoms with van der Waals surface area (Å²) in [6, 6.07) is 8.06. The second kappa shape index (κ2) is 5.80. The summed E-state index contributed by atoms with van der Waals surface area (Å²) in [5.41, 5.74) is -0.155. The molecule has 2 bridgehead atoms. The molecule has 4 atom stereocenters. The number of hydrogen-bond acceptors (Lipinski definition) is 5. The number of fused-ring (bicyclic) bond motifs is 1. The third kappa shape index (κ3) is 2.47. The Morgan fingerprint density at radius 2 is 1.89 bits per heavy atom. The summed E-state index contributed by atoms with van der Waals surface area (Å²) in [6.45, 7) is 5.71. The summed E-state index contributed by atoms with van der Waals surface area (Å²) in [7, 11) is -3.71. The molecule has 1 amide bonds. The number of ether oxygens (including phenoxy) is 1. The summed E-state index contributed by atoms with van der Waals surface area (Å²) in [5.74, 6) is -0.824. The lowest BCUT2D eigenvalue weighted by molar-refractivity contribution is -0.137. The zero-order chi connectivity index (χ0) is 19.6. The van der Waals surface area contributed by atoms with Gasteiger partial charge < -0.3 is 4.74 Å². The SMILES string of the molecule is C[C@@H](OC(=O)c1ccccc1)C(=O)N1[C@@H]2C[C@H]3CC[C@]2(CS1(=O)=O)C3(C)C. The molecule has 0 aromatic heterocycles. The number of carbonyl (C=O) groups is 2. The van der Waals surface area contributed by atoms with E-state index in [0.717, 1.165) is 17.1 Å². The lowest BCUT2D eigenvalue weighted by Gasteiger charge is -2.37. The minimum atomic E-state index is -3.71. The quantitative estimate of drug-likeness (QED) is 0.740. The lowest BCUT2D eigenvalue weighted by Crippen LogP contribution is -2.48. The second-order valence-corrected chi connectivity index (χ2v) is 10.5. The standard InChI is InChI=1S/C20H25NO5S/c1-13(26-18(23)14-7-5-4-6-8-14)17(22)21-16-11-15-9-10-20(16,19(15,2)3)12-27(21,24)25/h4-8,13,15-16H,9-12H2,1-3H3/t13-,15-,16-,20-/m1/s1. The monoisotopic (exact) mass is 391 g/mol. The van der Waals surface area contributed by atoms with E-state index in [1.807, 2.05) is 0 Å². The maximum absolute atomic E-state index is 13.0. The highest BCUT2D eigenvalue weighted by Crippen LogP contribution is 2.70. The Balaban J connectivity index is 1.58. The first-order valence-electron chi connectivity index (χ1n) is 9.42. The van der Waals surface area contributed by atoms with Crippen LogP contribution in [0.5, 0.6) is 0 Å². The smallest absolute Gasteiger partial charge is 0.338 e. The van der Waals surface area contributed by atoms with Crippen LogP contribution in [0.25, 0.3) is 0 Å². The number of sulfonamides is 1. The molecular weight excluding hydrogens is 366 g/mol. The summed E-state index contributed by atoms with van der Waals surface area (Å²) in [4.78, 5) is 25.3. The van der Waals surface area contributed by atoms with Crippen LogP contribution in [0.3, 0.4) is 0 Å². The number of nitrogens with zero attached hydrogens (tertiary/aromatic N) is 1. The number of rotatable bonds is 3. The van der Waals surface area contributed by atoms with Gasteiger partial charge in [0.1, 0.15) is 0 Å². The normalized spacial score (nSPS) is 33.5. The molecule has 1 heterocycles. The van der Waals surface area contributed by atoms with Crippen molar-refractivity contribution in [2.75, 3.05) is 5.75 Å². The Kier molecular flexibility index (Phi) is 3.97. The minimum absolute atomic E-state index is 0.0132. The van der Waals surface area contributed by atoms with Crippen molar-refractivity contribution in [3.05, 3.63) is 35.9 Å². The van der Waals surface area contributed by atoms with Crippen LogP contribution in [-0.2, 0) is 19.6 Å². The molecule has 27 heavy (non-hydrogen) atoms. The molecule has 0 radical (unpaired) electrons. The van der Waals surface area contributed by atoms with Gasteiger partial charge in [-0.25, -0.2) is 17.5 Å².